The van der Waals surface area contributed by atoms with Crippen LogP contribution in [0.5, 0.6) is 0 Å². The maximum Gasteiger partial charge on any atom is 0.327 e. The van der Waals surface area contributed by atoms with Gasteiger partial charge in [0, 0.05) is 6.04 Å². The summed E-state index contributed by atoms with van der Waals surface area (Å²) >= 11 is 0. The number of methoxy groups -OCH3 is 1. The van der Waals surface area contributed by atoms with E-state index in [-0.39, 0.29) is 11.8 Å². The number of carbonyl (C=O) groups is 1. The lowest BCUT2D eigenvalue weighted by Crippen LogP contribution is -2.31. The summed E-state index contributed by atoms with van der Waals surface area (Å²) in [7, 11) is 1.34. The standard InChI is InChI=1S/C12H14FNO2/c1-16-12(15)11(14-10-5-6-10)8-3-2-4-9(13)7-8/h2-4,7,10-11,14H,5-6H2,1H3. The van der Waals surface area contributed by atoms with E-state index in [1.165, 1.54) is 19.2 Å². The van der Waals surface area contributed by atoms with Crippen molar-refractivity contribution >= 4 is 5.97 Å². The minimum Gasteiger partial charge on any atom is -0.468 e. The van der Waals surface area contributed by atoms with E-state index in [1.54, 1.807) is 12.1 Å². The molecule has 0 spiro atoms. The smallest absolute Gasteiger partial charge is 0.327 e. The van der Waals surface area contributed by atoms with Gasteiger partial charge in [-0.1, -0.05) is 12.1 Å². The van der Waals surface area contributed by atoms with Gasteiger partial charge in [0.25, 0.3) is 0 Å². The summed E-state index contributed by atoms with van der Waals surface area (Å²) in [4.78, 5) is 11.6. The number of esters is 1. The molecule has 0 aliphatic heterocycles. The topological polar surface area (TPSA) is 38.3 Å². The van der Waals surface area contributed by atoms with Crippen LogP contribution >= 0.6 is 0 Å². The summed E-state index contributed by atoms with van der Waals surface area (Å²) < 4.78 is 17.8. The SMILES string of the molecule is COC(=O)C(NC1CC1)c1cccc(F)c1. The van der Waals surface area contributed by atoms with Crippen molar-refractivity contribution in [2.75, 3.05) is 7.11 Å². The first kappa shape index (κ1) is 11.1. The molecule has 0 bridgehead atoms. The monoisotopic (exact) mass is 223 g/mol. The van der Waals surface area contributed by atoms with Crippen molar-refractivity contribution < 1.29 is 13.9 Å². The zero-order chi connectivity index (χ0) is 11.5. The third-order valence-corrected chi connectivity index (χ3v) is 2.60. The molecule has 1 aromatic carbocycles. The number of nitrogens with one attached hydrogen (secondary N) is 1. The fourth-order valence-electron chi connectivity index (χ4n) is 1.59. The van der Waals surface area contributed by atoms with Gasteiger partial charge in [0.15, 0.2) is 0 Å². The number of benzene rings is 1. The molecule has 0 amide bonds. The van der Waals surface area contributed by atoms with Crippen LogP contribution in [0.25, 0.3) is 0 Å². The molecule has 1 saturated carbocycles. The minimum atomic E-state index is -0.562. The van der Waals surface area contributed by atoms with Crippen molar-refractivity contribution in [1.82, 2.24) is 5.32 Å². The molecule has 1 atom stereocenters. The van der Waals surface area contributed by atoms with E-state index in [2.05, 4.69) is 5.32 Å². The molecule has 1 unspecified atom stereocenters. The summed E-state index contributed by atoms with van der Waals surface area (Å²) in [6.45, 7) is 0. The van der Waals surface area contributed by atoms with Crippen molar-refractivity contribution in [1.29, 1.82) is 0 Å². The Bertz CT molecular complexity index is 390. The Labute approximate surface area is 93.6 Å². The Morgan fingerprint density at radius 2 is 2.31 bits per heavy atom. The van der Waals surface area contributed by atoms with E-state index in [1.807, 2.05) is 0 Å². The fraction of sp³-hybridized carbons (Fsp3) is 0.417. The molecule has 1 aliphatic carbocycles. The predicted molar refractivity (Wildman–Crippen MR) is 57.3 cm³/mol. The van der Waals surface area contributed by atoms with Gasteiger partial charge in [0.2, 0.25) is 0 Å². The molecule has 0 aromatic heterocycles. The highest BCUT2D eigenvalue weighted by atomic mass is 19.1. The number of rotatable bonds is 4. The molecule has 0 radical (unpaired) electrons. The number of hydrogen-bond acceptors (Lipinski definition) is 3. The van der Waals surface area contributed by atoms with E-state index in [9.17, 15) is 9.18 Å². The molecule has 2 rings (SSSR count). The second-order valence-electron chi connectivity index (χ2n) is 3.95. The van der Waals surface area contributed by atoms with Crippen molar-refractivity contribution in [3.8, 4) is 0 Å². The molecule has 1 fully saturated rings. The minimum absolute atomic E-state index is 0.344. The number of halogens is 1. The normalized spacial score (nSPS) is 16.9. The van der Waals surface area contributed by atoms with Gasteiger partial charge in [-0.25, -0.2) is 9.18 Å². The van der Waals surface area contributed by atoms with Gasteiger partial charge < -0.3 is 4.74 Å². The second-order valence-corrected chi connectivity index (χ2v) is 3.95. The van der Waals surface area contributed by atoms with Gasteiger partial charge in [-0.05, 0) is 30.5 Å². The van der Waals surface area contributed by atoms with Crippen LogP contribution in [-0.2, 0) is 9.53 Å². The lowest BCUT2D eigenvalue weighted by molar-refractivity contribution is -0.143. The van der Waals surface area contributed by atoms with Crippen LogP contribution in [-0.4, -0.2) is 19.1 Å². The zero-order valence-electron chi connectivity index (χ0n) is 9.07. The van der Waals surface area contributed by atoms with Gasteiger partial charge in [0.1, 0.15) is 11.9 Å². The maximum absolute atomic E-state index is 13.1. The molecule has 1 N–H and O–H groups in total. The summed E-state index contributed by atoms with van der Waals surface area (Å²) in [6.07, 6.45) is 2.12. The molecule has 0 saturated heterocycles. The summed E-state index contributed by atoms with van der Waals surface area (Å²) in [5.41, 5.74) is 0.610. The lowest BCUT2D eigenvalue weighted by atomic mass is 10.1. The van der Waals surface area contributed by atoms with Crippen molar-refractivity contribution in [3.05, 3.63) is 35.6 Å². The molecule has 1 aromatic rings. The van der Waals surface area contributed by atoms with E-state index < -0.39 is 6.04 Å². The van der Waals surface area contributed by atoms with Gasteiger partial charge in [0.05, 0.1) is 7.11 Å². The Morgan fingerprint density at radius 3 is 2.88 bits per heavy atom. The molecular weight excluding hydrogens is 209 g/mol. The number of hydrogen-bond donors (Lipinski definition) is 1. The van der Waals surface area contributed by atoms with Gasteiger partial charge in [-0.3, -0.25) is 5.32 Å². The molecule has 16 heavy (non-hydrogen) atoms. The van der Waals surface area contributed by atoms with Crippen LogP contribution < -0.4 is 5.32 Å². The van der Waals surface area contributed by atoms with Crippen LogP contribution in [0.3, 0.4) is 0 Å². The first-order chi connectivity index (χ1) is 7.70. The average molecular weight is 223 g/mol. The molecule has 0 heterocycles. The zero-order valence-corrected chi connectivity index (χ0v) is 9.07. The second kappa shape index (κ2) is 4.61. The van der Waals surface area contributed by atoms with Crippen molar-refractivity contribution in [2.45, 2.75) is 24.9 Å². The summed E-state index contributed by atoms with van der Waals surface area (Å²) in [6, 6.07) is 5.82. The van der Waals surface area contributed by atoms with Crippen LogP contribution in [0.15, 0.2) is 24.3 Å². The Morgan fingerprint density at radius 1 is 1.56 bits per heavy atom. The molecule has 4 heteroatoms. The quantitative estimate of drug-likeness (QED) is 0.791. The van der Waals surface area contributed by atoms with E-state index in [0.717, 1.165) is 12.8 Å². The van der Waals surface area contributed by atoms with E-state index in [4.69, 9.17) is 4.74 Å². The van der Waals surface area contributed by atoms with Gasteiger partial charge in [-0.2, -0.15) is 0 Å². The van der Waals surface area contributed by atoms with Crippen LogP contribution in [0, 0.1) is 5.82 Å². The van der Waals surface area contributed by atoms with Gasteiger partial charge in [-0.15, -0.1) is 0 Å². The third-order valence-electron chi connectivity index (χ3n) is 2.60. The number of carbonyl (C=O) groups excluding carboxylic acids is 1. The Hall–Kier alpha value is -1.42. The average Bonchev–Trinajstić information content (AvgIpc) is 3.08. The molecule has 3 nitrogen and oxygen atoms in total. The number of ether oxygens (including phenoxy) is 1. The summed E-state index contributed by atoms with van der Waals surface area (Å²) in [5.74, 6) is -0.721. The Kier molecular flexibility index (Phi) is 3.19. The highest BCUT2D eigenvalue weighted by molar-refractivity contribution is 5.77. The Balaban J connectivity index is 2.19. The van der Waals surface area contributed by atoms with Crippen molar-refractivity contribution in [3.63, 3.8) is 0 Å². The lowest BCUT2D eigenvalue weighted by Gasteiger charge is -2.16. The largest absolute Gasteiger partial charge is 0.468 e. The van der Waals surface area contributed by atoms with E-state index in [0.29, 0.717) is 11.6 Å². The van der Waals surface area contributed by atoms with Crippen LogP contribution in [0.1, 0.15) is 24.4 Å². The van der Waals surface area contributed by atoms with Crippen LogP contribution in [0.4, 0.5) is 4.39 Å². The molecule has 1 aliphatic rings. The van der Waals surface area contributed by atoms with Gasteiger partial charge >= 0.3 is 5.97 Å². The highest BCUT2D eigenvalue weighted by Gasteiger charge is 2.30. The maximum atomic E-state index is 13.1. The predicted octanol–water partition coefficient (Wildman–Crippen LogP) is 1.79. The van der Waals surface area contributed by atoms with E-state index >= 15 is 0 Å². The van der Waals surface area contributed by atoms with Crippen molar-refractivity contribution in [2.24, 2.45) is 0 Å². The highest BCUT2D eigenvalue weighted by Crippen LogP contribution is 2.25. The summed E-state index contributed by atoms with van der Waals surface area (Å²) in [5, 5.41) is 3.14. The third kappa shape index (κ3) is 2.58. The fourth-order valence-corrected chi connectivity index (χ4v) is 1.59. The first-order valence-electron chi connectivity index (χ1n) is 5.30. The molecular formula is C12H14FNO2. The van der Waals surface area contributed by atoms with Crippen LogP contribution in [0.2, 0.25) is 0 Å². The molecule has 86 valence electrons. The first-order valence-corrected chi connectivity index (χ1v) is 5.30.